The predicted molar refractivity (Wildman–Crippen MR) is 80.7 cm³/mol. The van der Waals surface area contributed by atoms with Gasteiger partial charge in [-0.1, -0.05) is 30.3 Å². The van der Waals surface area contributed by atoms with Gasteiger partial charge >= 0.3 is 0 Å². The van der Waals surface area contributed by atoms with Crippen LogP contribution in [-0.2, 0) is 0 Å². The molecule has 0 aliphatic heterocycles. The van der Waals surface area contributed by atoms with Gasteiger partial charge in [0.15, 0.2) is 17.4 Å². The molecular formula is C18H12F2O2. The molecule has 0 amide bonds. The molecule has 22 heavy (non-hydrogen) atoms. The molecule has 0 saturated heterocycles. The molecule has 4 heteroatoms. The standard InChI is InChI=1S/C18H12F2O2/c1-11-13-6-2-3-8-16(13)22-18(11)15(21)10-9-12-5-4-7-14(19)17(12)20/h2-10H,1H3/b10-9+. The summed E-state index contributed by atoms with van der Waals surface area (Å²) in [5.74, 6) is -2.12. The summed E-state index contributed by atoms with van der Waals surface area (Å²) in [4.78, 5) is 12.2. The van der Waals surface area contributed by atoms with Crippen LogP contribution in [0.3, 0.4) is 0 Å². The van der Waals surface area contributed by atoms with E-state index in [1.165, 1.54) is 24.3 Å². The summed E-state index contributed by atoms with van der Waals surface area (Å²) in [6.07, 6.45) is 2.43. The maximum Gasteiger partial charge on any atom is 0.221 e. The number of para-hydroxylation sites is 1. The third-order valence-electron chi connectivity index (χ3n) is 3.46. The molecule has 0 bridgehead atoms. The van der Waals surface area contributed by atoms with Crippen LogP contribution in [0.25, 0.3) is 17.0 Å². The number of aryl methyl sites for hydroxylation is 1. The van der Waals surface area contributed by atoms with E-state index in [0.717, 1.165) is 17.0 Å². The Labute approximate surface area is 125 Å². The van der Waals surface area contributed by atoms with E-state index in [0.29, 0.717) is 5.58 Å². The van der Waals surface area contributed by atoms with Crippen LogP contribution in [0, 0.1) is 18.6 Å². The molecule has 0 N–H and O–H groups in total. The van der Waals surface area contributed by atoms with E-state index < -0.39 is 17.4 Å². The number of allylic oxidation sites excluding steroid dienone is 1. The number of benzene rings is 2. The normalized spacial score (nSPS) is 11.4. The fourth-order valence-electron chi connectivity index (χ4n) is 2.30. The highest BCUT2D eigenvalue weighted by Crippen LogP contribution is 2.25. The Morgan fingerprint density at radius 3 is 2.64 bits per heavy atom. The van der Waals surface area contributed by atoms with E-state index in [-0.39, 0.29) is 11.3 Å². The smallest absolute Gasteiger partial charge is 0.221 e. The molecule has 3 aromatic rings. The van der Waals surface area contributed by atoms with Crippen molar-refractivity contribution in [1.82, 2.24) is 0 Å². The Balaban J connectivity index is 1.95. The van der Waals surface area contributed by atoms with Gasteiger partial charge in [-0.05, 0) is 31.2 Å². The van der Waals surface area contributed by atoms with E-state index in [1.807, 2.05) is 18.2 Å². The molecule has 1 aromatic heterocycles. The lowest BCUT2D eigenvalue weighted by Crippen LogP contribution is -1.95. The fourth-order valence-corrected chi connectivity index (χ4v) is 2.30. The van der Waals surface area contributed by atoms with E-state index in [9.17, 15) is 13.6 Å². The fraction of sp³-hybridized carbons (Fsp3) is 0.0556. The Morgan fingerprint density at radius 2 is 1.86 bits per heavy atom. The number of hydrogen-bond donors (Lipinski definition) is 0. The van der Waals surface area contributed by atoms with Crippen LogP contribution in [0.5, 0.6) is 0 Å². The zero-order chi connectivity index (χ0) is 15.7. The van der Waals surface area contributed by atoms with Crippen LogP contribution in [0.15, 0.2) is 53.0 Å². The lowest BCUT2D eigenvalue weighted by molar-refractivity contribution is 0.102. The Hall–Kier alpha value is -2.75. The van der Waals surface area contributed by atoms with Gasteiger partial charge in [-0.25, -0.2) is 8.78 Å². The maximum absolute atomic E-state index is 13.5. The molecule has 1 heterocycles. The van der Waals surface area contributed by atoms with Crippen molar-refractivity contribution in [3.63, 3.8) is 0 Å². The van der Waals surface area contributed by atoms with Crippen molar-refractivity contribution < 1.29 is 18.0 Å². The van der Waals surface area contributed by atoms with Gasteiger partial charge in [-0.3, -0.25) is 4.79 Å². The van der Waals surface area contributed by atoms with Crippen molar-refractivity contribution >= 4 is 22.8 Å². The summed E-state index contributed by atoms with van der Waals surface area (Å²) in [7, 11) is 0. The highest BCUT2D eigenvalue weighted by atomic mass is 19.2. The minimum absolute atomic E-state index is 0.0158. The van der Waals surface area contributed by atoms with Crippen LogP contribution in [0.2, 0.25) is 0 Å². The van der Waals surface area contributed by atoms with Gasteiger partial charge in [0.2, 0.25) is 5.78 Å². The van der Waals surface area contributed by atoms with Gasteiger partial charge in [0.1, 0.15) is 5.58 Å². The molecule has 0 spiro atoms. The number of ketones is 1. The van der Waals surface area contributed by atoms with Gasteiger partial charge in [-0.2, -0.15) is 0 Å². The summed E-state index contributed by atoms with van der Waals surface area (Å²) in [5, 5.41) is 0.858. The number of hydrogen-bond acceptors (Lipinski definition) is 2. The van der Waals surface area contributed by atoms with Crippen LogP contribution in [0.4, 0.5) is 8.78 Å². The topological polar surface area (TPSA) is 30.2 Å². The number of carbonyl (C=O) groups excluding carboxylic acids is 1. The van der Waals surface area contributed by atoms with Crippen LogP contribution < -0.4 is 0 Å². The first-order chi connectivity index (χ1) is 10.6. The third-order valence-corrected chi connectivity index (χ3v) is 3.46. The van der Waals surface area contributed by atoms with E-state index >= 15 is 0 Å². The lowest BCUT2D eigenvalue weighted by atomic mass is 10.1. The molecule has 2 aromatic carbocycles. The molecule has 110 valence electrons. The van der Waals surface area contributed by atoms with Gasteiger partial charge in [0.05, 0.1) is 0 Å². The first kappa shape index (κ1) is 14.2. The summed E-state index contributed by atoms with van der Waals surface area (Å²) < 4.78 is 32.2. The van der Waals surface area contributed by atoms with Crippen molar-refractivity contribution in [2.24, 2.45) is 0 Å². The maximum atomic E-state index is 13.5. The lowest BCUT2D eigenvalue weighted by Gasteiger charge is -1.97. The molecule has 0 atom stereocenters. The summed E-state index contributed by atoms with van der Waals surface area (Å²) in [6.45, 7) is 1.79. The second-order valence-electron chi connectivity index (χ2n) is 4.89. The van der Waals surface area contributed by atoms with Crippen LogP contribution in [-0.4, -0.2) is 5.78 Å². The zero-order valence-corrected chi connectivity index (χ0v) is 11.8. The van der Waals surface area contributed by atoms with E-state index in [4.69, 9.17) is 4.42 Å². The average Bonchev–Trinajstić information content (AvgIpc) is 2.86. The van der Waals surface area contributed by atoms with Crippen LogP contribution >= 0.6 is 0 Å². The molecule has 0 aliphatic rings. The SMILES string of the molecule is Cc1c(C(=O)/C=C/c2cccc(F)c2F)oc2ccccc12. The van der Waals surface area contributed by atoms with Crippen LogP contribution in [0.1, 0.15) is 21.7 Å². The molecule has 0 saturated carbocycles. The molecule has 2 nitrogen and oxygen atoms in total. The summed E-state index contributed by atoms with van der Waals surface area (Å²) in [6, 6.07) is 11.1. The Bertz CT molecular complexity index is 891. The van der Waals surface area contributed by atoms with Crippen molar-refractivity contribution in [3.05, 3.63) is 77.1 Å². The number of fused-ring (bicyclic) bond motifs is 1. The highest BCUT2D eigenvalue weighted by Gasteiger charge is 2.15. The second kappa shape index (κ2) is 5.56. The minimum atomic E-state index is -0.979. The second-order valence-corrected chi connectivity index (χ2v) is 4.89. The van der Waals surface area contributed by atoms with Crippen molar-refractivity contribution in [3.8, 4) is 0 Å². The molecule has 3 rings (SSSR count). The number of carbonyl (C=O) groups is 1. The number of halogens is 2. The summed E-state index contributed by atoms with van der Waals surface area (Å²) in [5.41, 5.74) is 1.36. The monoisotopic (exact) mass is 298 g/mol. The van der Waals surface area contributed by atoms with Crippen molar-refractivity contribution in [2.45, 2.75) is 6.92 Å². The van der Waals surface area contributed by atoms with E-state index in [2.05, 4.69) is 0 Å². The van der Waals surface area contributed by atoms with Crippen molar-refractivity contribution in [1.29, 1.82) is 0 Å². The zero-order valence-electron chi connectivity index (χ0n) is 11.8. The van der Waals surface area contributed by atoms with Gasteiger partial charge in [-0.15, -0.1) is 0 Å². The molecule has 0 fully saturated rings. The first-order valence-electron chi connectivity index (χ1n) is 6.72. The van der Waals surface area contributed by atoms with Gasteiger partial charge in [0.25, 0.3) is 0 Å². The van der Waals surface area contributed by atoms with Gasteiger partial charge < -0.3 is 4.42 Å². The average molecular weight is 298 g/mol. The first-order valence-corrected chi connectivity index (χ1v) is 6.72. The van der Waals surface area contributed by atoms with Gasteiger partial charge in [0, 0.05) is 16.5 Å². The predicted octanol–water partition coefficient (Wildman–Crippen LogP) is 4.92. The minimum Gasteiger partial charge on any atom is -0.452 e. The largest absolute Gasteiger partial charge is 0.452 e. The Morgan fingerprint density at radius 1 is 1.09 bits per heavy atom. The summed E-state index contributed by atoms with van der Waals surface area (Å²) >= 11 is 0. The molecule has 0 unspecified atom stereocenters. The molecule has 0 aliphatic carbocycles. The number of rotatable bonds is 3. The molecule has 0 radical (unpaired) electrons. The quantitative estimate of drug-likeness (QED) is 0.507. The third kappa shape index (κ3) is 2.44. The number of furan rings is 1. The van der Waals surface area contributed by atoms with E-state index in [1.54, 1.807) is 13.0 Å². The van der Waals surface area contributed by atoms with Crippen molar-refractivity contribution in [2.75, 3.05) is 0 Å². The molecular weight excluding hydrogens is 286 g/mol. The Kier molecular flexibility index (Phi) is 3.59. The highest BCUT2D eigenvalue weighted by molar-refractivity contribution is 6.08.